The molecule has 0 bridgehead atoms. The van der Waals surface area contributed by atoms with E-state index in [2.05, 4.69) is 35.1 Å². The average molecular weight is 344 g/mol. The largest absolute Gasteiger partial charge is 0.482 e. The molecule has 0 heterocycles. The summed E-state index contributed by atoms with van der Waals surface area (Å²) >= 11 is 3.51. The highest BCUT2D eigenvalue weighted by Crippen LogP contribution is 2.22. The molecule has 0 atom stereocenters. The SMILES string of the molecule is CC(C)NCc1cc(OCC(=O)OC(C)C)ccc1Br. The molecule has 112 valence electrons. The van der Waals surface area contributed by atoms with Crippen LogP contribution in [-0.2, 0) is 16.1 Å². The molecule has 0 aliphatic rings. The van der Waals surface area contributed by atoms with Crippen LogP contribution in [0.25, 0.3) is 0 Å². The fourth-order valence-electron chi connectivity index (χ4n) is 1.53. The van der Waals surface area contributed by atoms with Gasteiger partial charge in [-0.3, -0.25) is 0 Å². The Bertz CT molecular complexity index is 447. The minimum atomic E-state index is -0.357. The molecular formula is C15H22BrNO3. The van der Waals surface area contributed by atoms with Crippen molar-refractivity contribution in [2.45, 2.75) is 46.4 Å². The average Bonchev–Trinajstić information content (AvgIpc) is 2.35. The molecule has 4 nitrogen and oxygen atoms in total. The van der Waals surface area contributed by atoms with Crippen molar-refractivity contribution in [2.24, 2.45) is 0 Å². The van der Waals surface area contributed by atoms with Crippen molar-refractivity contribution in [2.75, 3.05) is 6.61 Å². The van der Waals surface area contributed by atoms with Crippen LogP contribution in [0.3, 0.4) is 0 Å². The predicted octanol–water partition coefficient (Wildman–Crippen LogP) is 3.28. The van der Waals surface area contributed by atoms with E-state index in [9.17, 15) is 4.79 Å². The Balaban J connectivity index is 2.58. The molecule has 0 aliphatic heterocycles. The van der Waals surface area contributed by atoms with Crippen molar-refractivity contribution in [1.82, 2.24) is 5.32 Å². The first-order chi connectivity index (χ1) is 9.38. The molecule has 0 aliphatic carbocycles. The minimum absolute atomic E-state index is 0.0726. The van der Waals surface area contributed by atoms with Gasteiger partial charge in [0.25, 0.3) is 0 Å². The van der Waals surface area contributed by atoms with E-state index in [4.69, 9.17) is 9.47 Å². The standard InChI is InChI=1S/C15H22BrNO3/c1-10(2)17-8-12-7-13(5-6-14(12)16)19-9-15(18)20-11(3)4/h5-7,10-11,17H,8-9H2,1-4H3. The van der Waals surface area contributed by atoms with Crippen molar-refractivity contribution in [1.29, 1.82) is 0 Å². The fraction of sp³-hybridized carbons (Fsp3) is 0.533. The Morgan fingerprint density at radius 2 is 2.00 bits per heavy atom. The lowest BCUT2D eigenvalue weighted by atomic mass is 10.2. The lowest BCUT2D eigenvalue weighted by Gasteiger charge is -2.13. The van der Waals surface area contributed by atoms with E-state index in [1.165, 1.54) is 0 Å². The van der Waals surface area contributed by atoms with Gasteiger partial charge in [0.05, 0.1) is 6.10 Å². The summed E-state index contributed by atoms with van der Waals surface area (Å²) in [6.07, 6.45) is -0.123. The van der Waals surface area contributed by atoms with E-state index < -0.39 is 0 Å². The van der Waals surface area contributed by atoms with E-state index in [0.717, 1.165) is 16.6 Å². The molecule has 0 fully saturated rings. The summed E-state index contributed by atoms with van der Waals surface area (Å²) < 4.78 is 11.5. The van der Waals surface area contributed by atoms with Crippen LogP contribution in [0.1, 0.15) is 33.3 Å². The van der Waals surface area contributed by atoms with Gasteiger partial charge < -0.3 is 14.8 Å². The lowest BCUT2D eigenvalue weighted by molar-refractivity contribution is -0.149. The van der Waals surface area contributed by atoms with Crippen LogP contribution in [0.4, 0.5) is 0 Å². The zero-order valence-electron chi connectivity index (χ0n) is 12.4. The first kappa shape index (κ1) is 17.0. The zero-order chi connectivity index (χ0) is 15.1. The van der Waals surface area contributed by atoms with Crippen LogP contribution in [0.2, 0.25) is 0 Å². The molecule has 0 amide bonds. The predicted molar refractivity (Wildman–Crippen MR) is 82.8 cm³/mol. The normalized spacial score (nSPS) is 10.9. The number of hydrogen-bond donors (Lipinski definition) is 1. The lowest BCUT2D eigenvalue weighted by Crippen LogP contribution is -2.22. The molecule has 0 saturated heterocycles. The van der Waals surface area contributed by atoms with Gasteiger partial charge in [-0.2, -0.15) is 0 Å². The van der Waals surface area contributed by atoms with E-state index in [1.807, 2.05) is 32.0 Å². The van der Waals surface area contributed by atoms with Crippen LogP contribution in [0.5, 0.6) is 5.75 Å². The maximum atomic E-state index is 11.4. The monoisotopic (exact) mass is 343 g/mol. The van der Waals surface area contributed by atoms with Gasteiger partial charge in [0.15, 0.2) is 6.61 Å². The maximum Gasteiger partial charge on any atom is 0.344 e. The molecule has 0 aromatic heterocycles. The number of nitrogens with one attached hydrogen (secondary N) is 1. The first-order valence-electron chi connectivity index (χ1n) is 6.72. The molecule has 1 N–H and O–H groups in total. The summed E-state index contributed by atoms with van der Waals surface area (Å²) in [5.41, 5.74) is 1.09. The molecule has 0 unspecified atom stereocenters. The topological polar surface area (TPSA) is 47.6 Å². The van der Waals surface area contributed by atoms with Gasteiger partial charge in [-0.15, -0.1) is 0 Å². The molecule has 0 saturated carbocycles. The summed E-state index contributed by atoms with van der Waals surface area (Å²) in [5, 5.41) is 3.34. The highest BCUT2D eigenvalue weighted by atomic mass is 79.9. The molecule has 5 heteroatoms. The molecular weight excluding hydrogens is 322 g/mol. The van der Waals surface area contributed by atoms with Gasteiger partial charge in [-0.25, -0.2) is 4.79 Å². The number of esters is 1. The van der Waals surface area contributed by atoms with Crippen LogP contribution in [-0.4, -0.2) is 24.7 Å². The second kappa shape index (κ2) is 8.27. The van der Waals surface area contributed by atoms with Crippen molar-refractivity contribution < 1.29 is 14.3 Å². The van der Waals surface area contributed by atoms with Crippen LogP contribution in [0.15, 0.2) is 22.7 Å². The molecule has 1 rings (SSSR count). The Kier molecular flexibility index (Phi) is 7.02. The number of carbonyl (C=O) groups excluding carboxylic acids is 1. The first-order valence-corrected chi connectivity index (χ1v) is 7.52. The molecule has 20 heavy (non-hydrogen) atoms. The van der Waals surface area contributed by atoms with Crippen LogP contribution >= 0.6 is 15.9 Å². The zero-order valence-corrected chi connectivity index (χ0v) is 14.0. The van der Waals surface area contributed by atoms with E-state index in [0.29, 0.717) is 11.8 Å². The molecule has 1 aromatic carbocycles. The third kappa shape index (κ3) is 6.39. The highest BCUT2D eigenvalue weighted by molar-refractivity contribution is 9.10. The number of carbonyl (C=O) groups is 1. The minimum Gasteiger partial charge on any atom is -0.482 e. The second-order valence-electron chi connectivity index (χ2n) is 5.12. The van der Waals surface area contributed by atoms with Gasteiger partial charge in [-0.1, -0.05) is 29.8 Å². The second-order valence-corrected chi connectivity index (χ2v) is 5.97. The summed E-state index contributed by atoms with van der Waals surface area (Å²) in [6, 6.07) is 6.07. The number of halogens is 1. The molecule has 0 radical (unpaired) electrons. The Labute approximate surface area is 129 Å². The summed E-state index contributed by atoms with van der Waals surface area (Å²) in [5.74, 6) is 0.305. The van der Waals surface area contributed by atoms with E-state index >= 15 is 0 Å². The van der Waals surface area contributed by atoms with Gasteiger partial charge in [0.2, 0.25) is 0 Å². The van der Waals surface area contributed by atoms with Gasteiger partial charge in [0.1, 0.15) is 5.75 Å². The van der Waals surface area contributed by atoms with Gasteiger partial charge in [-0.05, 0) is 37.6 Å². The Hall–Kier alpha value is -1.07. The maximum absolute atomic E-state index is 11.4. The number of ether oxygens (including phenoxy) is 2. The van der Waals surface area contributed by atoms with Gasteiger partial charge in [0, 0.05) is 17.1 Å². The summed E-state index contributed by atoms with van der Waals surface area (Å²) in [6.45, 7) is 8.48. The quantitative estimate of drug-likeness (QED) is 0.771. The van der Waals surface area contributed by atoms with Crippen molar-refractivity contribution in [3.8, 4) is 5.75 Å². The number of hydrogen-bond acceptors (Lipinski definition) is 4. The smallest absolute Gasteiger partial charge is 0.344 e. The van der Waals surface area contributed by atoms with Crippen LogP contribution < -0.4 is 10.1 Å². The van der Waals surface area contributed by atoms with E-state index in [-0.39, 0.29) is 18.7 Å². The fourth-order valence-corrected chi connectivity index (χ4v) is 1.92. The van der Waals surface area contributed by atoms with Crippen molar-refractivity contribution in [3.63, 3.8) is 0 Å². The number of rotatable bonds is 7. The highest BCUT2D eigenvalue weighted by Gasteiger charge is 2.08. The van der Waals surface area contributed by atoms with Gasteiger partial charge >= 0.3 is 5.97 Å². The Morgan fingerprint density at radius 3 is 2.60 bits per heavy atom. The molecule has 0 spiro atoms. The van der Waals surface area contributed by atoms with E-state index in [1.54, 1.807) is 0 Å². The van der Waals surface area contributed by atoms with Crippen LogP contribution in [0, 0.1) is 0 Å². The summed E-state index contributed by atoms with van der Waals surface area (Å²) in [7, 11) is 0. The molecule has 1 aromatic rings. The van der Waals surface area contributed by atoms with Crippen molar-refractivity contribution >= 4 is 21.9 Å². The third-order valence-corrected chi connectivity index (χ3v) is 3.22. The Morgan fingerprint density at radius 1 is 1.30 bits per heavy atom. The summed E-state index contributed by atoms with van der Waals surface area (Å²) in [4.78, 5) is 11.4. The third-order valence-electron chi connectivity index (χ3n) is 2.44. The van der Waals surface area contributed by atoms with Crippen molar-refractivity contribution in [3.05, 3.63) is 28.2 Å². The number of benzene rings is 1.